The van der Waals surface area contributed by atoms with Gasteiger partial charge in [-0.05, 0) is 47.6 Å². The third-order valence-electron chi connectivity index (χ3n) is 4.42. The van der Waals surface area contributed by atoms with Crippen molar-refractivity contribution < 1.29 is 4.39 Å². The molecule has 1 aliphatic carbocycles. The number of halogens is 2. The fourth-order valence-corrected chi connectivity index (χ4v) is 3.43. The van der Waals surface area contributed by atoms with Gasteiger partial charge >= 0.3 is 0 Å². The standard InChI is InChI=1S/C18H19BrFN/c1-18(2)10-9-12-5-3-4-6-14(12)17(18)21-16-8-7-13(19)11-15(16)20/h3-8,11,17,21H,9-10H2,1-2H3. The average Bonchev–Trinajstić information content (AvgIpc) is 2.44. The van der Waals surface area contributed by atoms with Gasteiger partial charge in [-0.15, -0.1) is 0 Å². The number of rotatable bonds is 2. The highest BCUT2D eigenvalue weighted by molar-refractivity contribution is 9.10. The number of anilines is 1. The molecule has 0 saturated carbocycles. The van der Waals surface area contributed by atoms with Crippen LogP contribution in [0.25, 0.3) is 0 Å². The predicted molar refractivity (Wildman–Crippen MR) is 89.0 cm³/mol. The maximum Gasteiger partial charge on any atom is 0.147 e. The SMILES string of the molecule is CC1(C)CCc2ccccc2C1Nc1ccc(Br)cc1F. The summed E-state index contributed by atoms with van der Waals surface area (Å²) in [6, 6.07) is 13.8. The van der Waals surface area contributed by atoms with Crippen LogP contribution in [0.1, 0.15) is 37.4 Å². The van der Waals surface area contributed by atoms with Crippen molar-refractivity contribution in [1.29, 1.82) is 0 Å². The zero-order chi connectivity index (χ0) is 15.0. The Morgan fingerprint density at radius 2 is 1.95 bits per heavy atom. The molecule has 0 spiro atoms. The lowest BCUT2D eigenvalue weighted by atomic mass is 9.70. The van der Waals surface area contributed by atoms with Crippen molar-refractivity contribution in [3.63, 3.8) is 0 Å². The highest BCUT2D eigenvalue weighted by atomic mass is 79.9. The van der Waals surface area contributed by atoms with Crippen molar-refractivity contribution in [2.45, 2.75) is 32.7 Å². The summed E-state index contributed by atoms with van der Waals surface area (Å²) in [6.07, 6.45) is 2.18. The summed E-state index contributed by atoms with van der Waals surface area (Å²) in [7, 11) is 0. The van der Waals surface area contributed by atoms with Crippen molar-refractivity contribution in [3.8, 4) is 0 Å². The molecule has 1 unspecified atom stereocenters. The first-order valence-corrected chi connectivity index (χ1v) is 8.06. The van der Waals surface area contributed by atoms with E-state index in [9.17, 15) is 4.39 Å². The Labute approximate surface area is 133 Å². The van der Waals surface area contributed by atoms with E-state index in [4.69, 9.17) is 0 Å². The highest BCUT2D eigenvalue weighted by Gasteiger charge is 2.35. The predicted octanol–water partition coefficient (Wildman–Crippen LogP) is 5.71. The van der Waals surface area contributed by atoms with E-state index in [-0.39, 0.29) is 17.3 Å². The second-order valence-electron chi connectivity index (χ2n) is 6.39. The largest absolute Gasteiger partial charge is 0.375 e. The smallest absolute Gasteiger partial charge is 0.147 e. The molecule has 0 aromatic heterocycles. The van der Waals surface area contributed by atoms with Crippen molar-refractivity contribution in [2.75, 3.05) is 5.32 Å². The molecule has 1 nitrogen and oxygen atoms in total. The molecule has 3 heteroatoms. The quantitative estimate of drug-likeness (QED) is 0.733. The van der Waals surface area contributed by atoms with Crippen molar-refractivity contribution in [2.24, 2.45) is 5.41 Å². The van der Waals surface area contributed by atoms with Crippen molar-refractivity contribution in [1.82, 2.24) is 0 Å². The molecule has 2 aromatic carbocycles. The zero-order valence-electron chi connectivity index (χ0n) is 12.3. The number of benzene rings is 2. The van der Waals surface area contributed by atoms with E-state index in [0.29, 0.717) is 5.69 Å². The Kier molecular flexibility index (Phi) is 3.78. The number of aryl methyl sites for hydroxylation is 1. The first-order valence-electron chi connectivity index (χ1n) is 7.27. The first-order chi connectivity index (χ1) is 9.97. The van der Waals surface area contributed by atoms with Gasteiger partial charge in [0, 0.05) is 4.47 Å². The van der Waals surface area contributed by atoms with Crippen LogP contribution in [0.2, 0.25) is 0 Å². The van der Waals surface area contributed by atoms with E-state index in [1.165, 1.54) is 17.2 Å². The molecule has 2 aromatic rings. The van der Waals surface area contributed by atoms with Gasteiger partial charge in [0.25, 0.3) is 0 Å². The molecule has 1 aliphatic rings. The van der Waals surface area contributed by atoms with Crippen LogP contribution >= 0.6 is 15.9 Å². The molecule has 3 rings (SSSR count). The number of fused-ring (bicyclic) bond motifs is 1. The Hall–Kier alpha value is -1.35. The van der Waals surface area contributed by atoms with Gasteiger partial charge in [0.05, 0.1) is 11.7 Å². The normalized spacial score (nSPS) is 19.9. The second kappa shape index (κ2) is 5.45. The van der Waals surface area contributed by atoms with E-state index >= 15 is 0 Å². The van der Waals surface area contributed by atoms with Crippen molar-refractivity contribution >= 4 is 21.6 Å². The molecule has 21 heavy (non-hydrogen) atoms. The maximum absolute atomic E-state index is 14.1. The Morgan fingerprint density at radius 3 is 2.71 bits per heavy atom. The lowest BCUT2D eigenvalue weighted by molar-refractivity contribution is 0.265. The Balaban J connectivity index is 1.99. The van der Waals surface area contributed by atoms with Gasteiger partial charge in [-0.3, -0.25) is 0 Å². The molecule has 0 radical (unpaired) electrons. The fraction of sp³-hybridized carbons (Fsp3) is 0.333. The summed E-state index contributed by atoms with van der Waals surface area (Å²) in [5, 5.41) is 3.43. The van der Waals surface area contributed by atoms with Crippen LogP contribution in [0, 0.1) is 11.2 Å². The molecule has 110 valence electrons. The lowest BCUT2D eigenvalue weighted by Gasteiger charge is -2.41. The van der Waals surface area contributed by atoms with E-state index in [0.717, 1.165) is 17.3 Å². The first kappa shape index (κ1) is 14.6. The molecule has 0 bridgehead atoms. The van der Waals surface area contributed by atoms with Crippen LogP contribution < -0.4 is 5.32 Å². The van der Waals surface area contributed by atoms with E-state index in [1.807, 2.05) is 6.07 Å². The summed E-state index contributed by atoms with van der Waals surface area (Å²) in [6.45, 7) is 4.49. The molecular formula is C18H19BrFN. The van der Waals surface area contributed by atoms with Crippen LogP contribution in [0.3, 0.4) is 0 Å². The summed E-state index contributed by atoms with van der Waals surface area (Å²) in [5.74, 6) is -0.219. The zero-order valence-corrected chi connectivity index (χ0v) is 13.9. The summed E-state index contributed by atoms with van der Waals surface area (Å²) in [5.41, 5.74) is 3.31. The van der Waals surface area contributed by atoms with E-state index in [2.05, 4.69) is 59.4 Å². The minimum absolute atomic E-state index is 0.0911. The van der Waals surface area contributed by atoms with Crippen LogP contribution in [-0.2, 0) is 6.42 Å². The lowest BCUT2D eigenvalue weighted by Crippen LogP contribution is -2.33. The Bertz CT molecular complexity index is 666. The van der Waals surface area contributed by atoms with Gasteiger partial charge in [0.2, 0.25) is 0 Å². The van der Waals surface area contributed by atoms with Gasteiger partial charge in [-0.2, -0.15) is 0 Å². The molecule has 0 fully saturated rings. The average molecular weight is 348 g/mol. The summed E-state index contributed by atoms with van der Waals surface area (Å²) < 4.78 is 14.9. The molecule has 1 atom stereocenters. The molecular weight excluding hydrogens is 329 g/mol. The second-order valence-corrected chi connectivity index (χ2v) is 7.30. The number of hydrogen-bond acceptors (Lipinski definition) is 1. The molecule has 0 heterocycles. The van der Waals surface area contributed by atoms with Crippen LogP contribution in [-0.4, -0.2) is 0 Å². The van der Waals surface area contributed by atoms with E-state index in [1.54, 1.807) is 6.07 Å². The van der Waals surface area contributed by atoms with Crippen LogP contribution in [0.5, 0.6) is 0 Å². The molecule has 0 amide bonds. The fourth-order valence-electron chi connectivity index (χ4n) is 3.10. The van der Waals surface area contributed by atoms with E-state index < -0.39 is 0 Å². The molecule has 1 N–H and O–H groups in total. The van der Waals surface area contributed by atoms with Crippen LogP contribution in [0.4, 0.5) is 10.1 Å². The number of hydrogen-bond donors (Lipinski definition) is 1. The van der Waals surface area contributed by atoms with Gasteiger partial charge in [0.15, 0.2) is 0 Å². The maximum atomic E-state index is 14.1. The summed E-state index contributed by atoms with van der Waals surface area (Å²) >= 11 is 3.30. The van der Waals surface area contributed by atoms with Gasteiger partial charge in [-0.1, -0.05) is 54.0 Å². The monoisotopic (exact) mass is 347 g/mol. The molecule has 0 saturated heterocycles. The van der Waals surface area contributed by atoms with Crippen LogP contribution in [0.15, 0.2) is 46.9 Å². The number of nitrogens with one attached hydrogen (secondary N) is 1. The van der Waals surface area contributed by atoms with Crippen molar-refractivity contribution in [3.05, 3.63) is 63.9 Å². The third kappa shape index (κ3) is 2.84. The highest BCUT2D eigenvalue weighted by Crippen LogP contribution is 2.45. The van der Waals surface area contributed by atoms with Gasteiger partial charge in [0.1, 0.15) is 5.82 Å². The Morgan fingerprint density at radius 1 is 1.19 bits per heavy atom. The third-order valence-corrected chi connectivity index (χ3v) is 4.91. The summed E-state index contributed by atoms with van der Waals surface area (Å²) in [4.78, 5) is 0. The minimum atomic E-state index is -0.219. The topological polar surface area (TPSA) is 12.0 Å². The van der Waals surface area contributed by atoms with Gasteiger partial charge < -0.3 is 5.32 Å². The molecule has 0 aliphatic heterocycles. The van der Waals surface area contributed by atoms with Gasteiger partial charge in [-0.25, -0.2) is 4.39 Å². The minimum Gasteiger partial charge on any atom is -0.375 e.